The second-order valence-corrected chi connectivity index (χ2v) is 5.55. The van der Waals surface area contributed by atoms with Crippen molar-refractivity contribution >= 4 is 11.7 Å². The standard InChI is InChI=1S/C15H16F2N4O2/c1-10-18-13(23-20-10)15(17)7-4-8-21(9-15)14(22)19-12-6-3-2-5-11(12)16/h2-3,5-6H,4,7-9H2,1H3,(H,19,22). The molecule has 2 aromatic rings. The van der Waals surface area contributed by atoms with Crippen molar-refractivity contribution in [3.63, 3.8) is 0 Å². The van der Waals surface area contributed by atoms with Crippen molar-refractivity contribution in [3.05, 3.63) is 41.8 Å². The fraction of sp³-hybridized carbons (Fsp3) is 0.400. The van der Waals surface area contributed by atoms with E-state index in [2.05, 4.69) is 15.5 Å². The van der Waals surface area contributed by atoms with Gasteiger partial charge in [-0.2, -0.15) is 4.98 Å². The number of urea groups is 1. The minimum Gasteiger partial charge on any atom is -0.336 e. The zero-order valence-corrected chi connectivity index (χ0v) is 12.6. The van der Waals surface area contributed by atoms with Crippen molar-refractivity contribution < 1.29 is 18.1 Å². The first-order valence-corrected chi connectivity index (χ1v) is 7.28. The number of carbonyl (C=O) groups is 1. The number of rotatable bonds is 2. The Balaban J connectivity index is 1.73. The van der Waals surface area contributed by atoms with Crippen LogP contribution in [0.3, 0.4) is 0 Å². The van der Waals surface area contributed by atoms with E-state index < -0.39 is 17.5 Å². The SMILES string of the molecule is Cc1noc(C2(F)CCCN(C(=O)Nc3ccccc3F)C2)n1. The first-order valence-electron chi connectivity index (χ1n) is 7.28. The highest BCUT2D eigenvalue weighted by Gasteiger charge is 2.43. The summed E-state index contributed by atoms with van der Waals surface area (Å²) in [6.45, 7) is 1.76. The number of carbonyl (C=O) groups excluding carboxylic acids is 1. The second-order valence-electron chi connectivity index (χ2n) is 5.55. The van der Waals surface area contributed by atoms with Gasteiger partial charge in [0.05, 0.1) is 12.2 Å². The number of halogens is 2. The fourth-order valence-electron chi connectivity index (χ4n) is 2.59. The van der Waals surface area contributed by atoms with Gasteiger partial charge < -0.3 is 14.7 Å². The maximum Gasteiger partial charge on any atom is 0.322 e. The number of anilines is 1. The van der Waals surface area contributed by atoms with E-state index in [-0.39, 0.29) is 24.5 Å². The monoisotopic (exact) mass is 322 g/mol. The number of piperidine rings is 1. The number of aryl methyl sites for hydroxylation is 1. The van der Waals surface area contributed by atoms with E-state index in [1.807, 2.05) is 0 Å². The third-order valence-corrected chi connectivity index (χ3v) is 3.76. The average Bonchev–Trinajstić information content (AvgIpc) is 2.97. The Bertz CT molecular complexity index is 721. The maximum absolute atomic E-state index is 15.1. The number of nitrogens with one attached hydrogen (secondary N) is 1. The molecular formula is C15H16F2N4O2. The van der Waals surface area contributed by atoms with Crippen LogP contribution in [0.15, 0.2) is 28.8 Å². The summed E-state index contributed by atoms with van der Waals surface area (Å²) in [5.41, 5.74) is -1.83. The van der Waals surface area contributed by atoms with Gasteiger partial charge in [-0.25, -0.2) is 13.6 Å². The third-order valence-electron chi connectivity index (χ3n) is 3.76. The predicted octanol–water partition coefficient (Wildman–Crippen LogP) is 3.01. The third kappa shape index (κ3) is 3.15. The zero-order valence-electron chi connectivity index (χ0n) is 12.6. The molecule has 1 unspecified atom stereocenters. The van der Waals surface area contributed by atoms with Crippen LogP contribution in [-0.4, -0.2) is 34.2 Å². The van der Waals surface area contributed by atoms with Crippen LogP contribution < -0.4 is 5.32 Å². The first kappa shape index (κ1) is 15.4. The number of alkyl halides is 1. The van der Waals surface area contributed by atoms with Crippen LogP contribution in [0.25, 0.3) is 0 Å². The van der Waals surface area contributed by atoms with Crippen molar-refractivity contribution in [2.75, 3.05) is 18.4 Å². The summed E-state index contributed by atoms with van der Waals surface area (Å²) in [7, 11) is 0. The van der Waals surface area contributed by atoms with E-state index in [4.69, 9.17) is 4.52 Å². The molecule has 1 aliphatic heterocycles. The summed E-state index contributed by atoms with van der Waals surface area (Å²) < 4.78 is 33.6. The van der Waals surface area contributed by atoms with E-state index in [0.717, 1.165) is 0 Å². The molecule has 1 aliphatic rings. The Morgan fingerprint density at radius 1 is 1.43 bits per heavy atom. The summed E-state index contributed by atoms with van der Waals surface area (Å²) in [6.07, 6.45) is 0.640. The molecule has 0 bridgehead atoms. The van der Waals surface area contributed by atoms with Gasteiger partial charge >= 0.3 is 6.03 Å². The van der Waals surface area contributed by atoms with Gasteiger partial charge in [-0.1, -0.05) is 17.3 Å². The Labute approximate surface area is 131 Å². The van der Waals surface area contributed by atoms with Gasteiger partial charge in [0.15, 0.2) is 5.82 Å². The minimum atomic E-state index is -1.88. The second kappa shape index (κ2) is 5.94. The Kier molecular flexibility index (Phi) is 3.97. The van der Waals surface area contributed by atoms with E-state index >= 15 is 4.39 Å². The molecule has 1 aromatic heterocycles. The van der Waals surface area contributed by atoms with Crippen LogP contribution in [-0.2, 0) is 5.67 Å². The summed E-state index contributed by atoms with van der Waals surface area (Å²) in [5, 5.41) is 6.04. The van der Waals surface area contributed by atoms with Crippen LogP contribution in [0.2, 0.25) is 0 Å². The van der Waals surface area contributed by atoms with Gasteiger partial charge in [0.1, 0.15) is 5.82 Å². The molecule has 122 valence electrons. The van der Waals surface area contributed by atoms with Crippen LogP contribution in [0, 0.1) is 12.7 Å². The molecule has 23 heavy (non-hydrogen) atoms. The first-order chi connectivity index (χ1) is 11.0. The maximum atomic E-state index is 15.1. The van der Waals surface area contributed by atoms with Gasteiger partial charge in [-0.15, -0.1) is 0 Å². The Morgan fingerprint density at radius 2 is 2.22 bits per heavy atom. The molecule has 0 saturated carbocycles. The smallest absolute Gasteiger partial charge is 0.322 e. The van der Waals surface area contributed by atoms with Crippen molar-refractivity contribution in [2.24, 2.45) is 0 Å². The molecule has 1 atom stereocenters. The molecule has 1 saturated heterocycles. The molecule has 0 aliphatic carbocycles. The van der Waals surface area contributed by atoms with Gasteiger partial charge in [-0.05, 0) is 31.9 Å². The molecular weight excluding hydrogens is 306 g/mol. The van der Waals surface area contributed by atoms with Crippen LogP contribution >= 0.6 is 0 Å². The topological polar surface area (TPSA) is 71.3 Å². The van der Waals surface area contributed by atoms with E-state index in [0.29, 0.717) is 18.8 Å². The van der Waals surface area contributed by atoms with E-state index in [1.54, 1.807) is 13.0 Å². The number of aromatic nitrogens is 2. The normalized spacial score (nSPS) is 21.3. The number of benzene rings is 1. The summed E-state index contributed by atoms with van der Waals surface area (Å²) in [4.78, 5) is 17.5. The van der Waals surface area contributed by atoms with Gasteiger partial charge in [0, 0.05) is 6.54 Å². The lowest BCUT2D eigenvalue weighted by atomic mass is 9.95. The number of likely N-dealkylation sites (tertiary alicyclic amines) is 1. The molecule has 2 heterocycles. The van der Waals surface area contributed by atoms with Gasteiger partial charge in [0.25, 0.3) is 5.89 Å². The molecule has 3 rings (SSSR count). The Morgan fingerprint density at radius 3 is 2.91 bits per heavy atom. The lowest BCUT2D eigenvalue weighted by Gasteiger charge is -2.35. The summed E-state index contributed by atoms with van der Waals surface area (Å²) in [5.74, 6) is -0.333. The highest BCUT2D eigenvalue weighted by atomic mass is 19.1. The van der Waals surface area contributed by atoms with Crippen LogP contribution in [0.4, 0.5) is 19.3 Å². The molecule has 1 aromatic carbocycles. The molecule has 2 amide bonds. The fourth-order valence-corrected chi connectivity index (χ4v) is 2.59. The molecule has 1 fully saturated rings. The molecule has 6 nitrogen and oxygen atoms in total. The lowest BCUT2D eigenvalue weighted by Crippen LogP contribution is -2.48. The number of hydrogen-bond donors (Lipinski definition) is 1. The molecule has 0 radical (unpaired) electrons. The summed E-state index contributed by atoms with van der Waals surface area (Å²) >= 11 is 0. The van der Waals surface area contributed by atoms with Crippen molar-refractivity contribution in [1.29, 1.82) is 0 Å². The predicted molar refractivity (Wildman–Crippen MR) is 78.0 cm³/mol. The lowest BCUT2D eigenvalue weighted by molar-refractivity contribution is 0.0333. The summed E-state index contributed by atoms with van der Waals surface area (Å²) in [6, 6.07) is 5.26. The molecule has 0 spiro atoms. The van der Waals surface area contributed by atoms with Crippen LogP contribution in [0.1, 0.15) is 24.6 Å². The molecule has 8 heteroatoms. The average molecular weight is 322 g/mol. The van der Waals surface area contributed by atoms with Crippen molar-refractivity contribution in [2.45, 2.75) is 25.4 Å². The highest BCUT2D eigenvalue weighted by Crippen LogP contribution is 2.34. The number of hydrogen-bond acceptors (Lipinski definition) is 4. The van der Waals surface area contributed by atoms with Gasteiger partial charge in [0.2, 0.25) is 5.67 Å². The number of nitrogens with zero attached hydrogens (tertiary/aromatic N) is 3. The van der Waals surface area contributed by atoms with Gasteiger partial charge in [-0.3, -0.25) is 0 Å². The van der Waals surface area contributed by atoms with Crippen LogP contribution in [0.5, 0.6) is 0 Å². The van der Waals surface area contributed by atoms with E-state index in [1.165, 1.54) is 23.1 Å². The van der Waals surface area contributed by atoms with E-state index in [9.17, 15) is 9.18 Å². The Hall–Kier alpha value is -2.51. The zero-order chi connectivity index (χ0) is 16.4. The largest absolute Gasteiger partial charge is 0.336 e. The molecule has 1 N–H and O–H groups in total. The number of amides is 2. The number of para-hydroxylation sites is 1. The van der Waals surface area contributed by atoms with Crippen molar-refractivity contribution in [1.82, 2.24) is 15.0 Å². The highest BCUT2D eigenvalue weighted by molar-refractivity contribution is 5.89. The van der Waals surface area contributed by atoms with Crippen molar-refractivity contribution in [3.8, 4) is 0 Å². The minimum absolute atomic E-state index is 0.0566. The quantitative estimate of drug-likeness (QED) is 0.922.